The third-order valence-electron chi connectivity index (χ3n) is 3.12. The molecule has 0 aliphatic heterocycles. The Balaban J connectivity index is 1.92. The number of amides is 1. The molecule has 1 N–H and O–H groups in total. The van der Waals surface area contributed by atoms with Gasteiger partial charge in [-0.1, -0.05) is 35.9 Å². The Morgan fingerprint density at radius 2 is 2.00 bits per heavy atom. The number of halogens is 2. The smallest absolute Gasteiger partial charge is 0.251 e. The maximum Gasteiger partial charge on any atom is 0.251 e. The third-order valence-corrected chi connectivity index (χ3v) is 4.34. The molecule has 2 nitrogen and oxygen atoms in total. The van der Waals surface area contributed by atoms with Crippen LogP contribution in [0.1, 0.15) is 21.5 Å². The summed E-state index contributed by atoms with van der Waals surface area (Å²) in [6, 6.07) is 13.3. The normalized spacial score (nSPS) is 10.3. The minimum absolute atomic E-state index is 0.0871. The van der Waals surface area contributed by atoms with E-state index in [9.17, 15) is 4.79 Å². The summed E-state index contributed by atoms with van der Waals surface area (Å²) in [5, 5.41) is 3.52. The van der Waals surface area contributed by atoms with Crippen molar-refractivity contribution in [3.63, 3.8) is 0 Å². The van der Waals surface area contributed by atoms with Gasteiger partial charge in [0.25, 0.3) is 5.91 Å². The molecule has 0 heterocycles. The number of hydrogen-bond donors (Lipinski definition) is 1. The van der Waals surface area contributed by atoms with Crippen molar-refractivity contribution in [3.8, 4) is 0 Å². The maximum absolute atomic E-state index is 12.0. The van der Waals surface area contributed by atoms with Crippen LogP contribution in [0.3, 0.4) is 0 Å². The summed E-state index contributed by atoms with van der Waals surface area (Å²) in [5.41, 5.74) is 3.10. The molecule has 1 amide bonds. The minimum Gasteiger partial charge on any atom is -0.352 e. The molecule has 20 heavy (non-hydrogen) atoms. The van der Waals surface area contributed by atoms with Gasteiger partial charge in [-0.05, 0) is 58.6 Å². The van der Waals surface area contributed by atoms with E-state index >= 15 is 0 Å². The lowest BCUT2D eigenvalue weighted by molar-refractivity contribution is 0.0954. The zero-order chi connectivity index (χ0) is 14.5. The number of aryl methyl sites for hydroxylation is 1. The predicted octanol–water partition coefficient (Wildman–Crippen LogP) is 4.38. The molecule has 4 heteroatoms. The lowest BCUT2D eigenvalue weighted by atomic mass is 10.1. The predicted molar refractivity (Wildman–Crippen MR) is 86.4 cm³/mol. The lowest BCUT2D eigenvalue weighted by Gasteiger charge is -2.08. The van der Waals surface area contributed by atoms with E-state index in [1.54, 1.807) is 18.2 Å². The molecule has 104 valence electrons. The highest BCUT2D eigenvalue weighted by atomic mass is 79.9. The van der Waals surface area contributed by atoms with E-state index in [2.05, 4.69) is 40.3 Å². The van der Waals surface area contributed by atoms with Crippen molar-refractivity contribution in [3.05, 3.63) is 68.7 Å². The summed E-state index contributed by atoms with van der Waals surface area (Å²) >= 11 is 9.23. The molecule has 0 aromatic heterocycles. The van der Waals surface area contributed by atoms with Gasteiger partial charge in [-0.15, -0.1) is 0 Å². The van der Waals surface area contributed by atoms with Gasteiger partial charge in [-0.25, -0.2) is 0 Å². The first-order valence-corrected chi connectivity index (χ1v) is 7.53. The van der Waals surface area contributed by atoms with Gasteiger partial charge < -0.3 is 5.32 Å². The summed E-state index contributed by atoms with van der Waals surface area (Å²) in [6.07, 6.45) is 0.827. The van der Waals surface area contributed by atoms with Crippen LogP contribution in [0.5, 0.6) is 0 Å². The molecule has 2 rings (SSSR count). The number of benzene rings is 2. The van der Waals surface area contributed by atoms with E-state index in [4.69, 9.17) is 11.6 Å². The molecule has 0 unspecified atom stereocenters. The average Bonchev–Trinajstić information content (AvgIpc) is 2.44. The first-order valence-electron chi connectivity index (χ1n) is 6.35. The molecule has 2 aromatic carbocycles. The molecule has 0 aliphatic carbocycles. The number of carbonyl (C=O) groups is 1. The molecule has 2 aromatic rings. The van der Waals surface area contributed by atoms with Crippen LogP contribution in [0.25, 0.3) is 0 Å². The standard InChI is InChI=1S/C16H15BrClNO/c1-11-4-2-3-5-12(11)8-9-19-16(20)13-6-7-15(18)14(17)10-13/h2-7,10H,8-9H2,1H3,(H,19,20). The zero-order valence-electron chi connectivity index (χ0n) is 11.1. The molecule has 0 aliphatic rings. The fraction of sp³-hybridized carbons (Fsp3) is 0.188. The van der Waals surface area contributed by atoms with Crippen molar-refractivity contribution in [1.29, 1.82) is 0 Å². The quantitative estimate of drug-likeness (QED) is 0.869. The zero-order valence-corrected chi connectivity index (χ0v) is 13.5. The Morgan fingerprint density at radius 1 is 1.25 bits per heavy atom. The van der Waals surface area contributed by atoms with Gasteiger partial charge in [0.2, 0.25) is 0 Å². The van der Waals surface area contributed by atoms with E-state index in [0.717, 1.165) is 10.9 Å². The summed E-state index contributed by atoms with van der Waals surface area (Å²) in [4.78, 5) is 12.0. The lowest BCUT2D eigenvalue weighted by Crippen LogP contribution is -2.25. The van der Waals surface area contributed by atoms with E-state index < -0.39 is 0 Å². The SMILES string of the molecule is Cc1ccccc1CCNC(=O)c1ccc(Cl)c(Br)c1. The Labute approximate surface area is 132 Å². The Bertz CT molecular complexity index is 628. The first kappa shape index (κ1) is 15.1. The third kappa shape index (κ3) is 3.84. The Hall–Kier alpha value is -1.32. The van der Waals surface area contributed by atoms with Gasteiger partial charge in [0.1, 0.15) is 0 Å². The second-order valence-electron chi connectivity index (χ2n) is 4.56. The topological polar surface area (TPSA) is 29.1 Å². The molecule has 0 bridgehead atoms. The highest BCUT2D eigenvalue weighted by Crippen LogP contribution is 2.23. The fourth-order valence-electron chi connectivity index (χ4n) is 1.94. The van der Waals surface area contributed by atoms with Gasteiger partial charge in [0.05, 0.1) is 5.02 Å². The van der Waals surface area contributed by atoms with Crippen molar-refractivity contribution in [2.75, 3.05) is 6.54 Å². The number of rotatable bonds is 4. The second-order valence-corrected chi connectivity index (χ2v) is 5.82. The molecule has 0 saturated heterocycles. The first-order chi connectivity index (χ1) is 9.58. The van der Waals surface area contributed by atoms with Gasteiger partial charge in [-0.3, -0.25) is 4.79 Å². The van der Waals surface area contributed by atoms with E-state index in [1.807, 2.05) is 12.1 Å². The number of hydrogen-bond acceptors (Lipinski definition) is 1. The van der Waals surface area contributed by atoms with Crippen LogP contribution in [0.2, 0.25) is 5.02 Å². The maximum atomic E-state index is 12.0. The molecule has 0 fully saturated rings. The van der Waals surface area contributed by atoms with Crippen LogP contribution in [0.4, 0.5) is 0 Å². The largest absolute Gasteiger partial charge is 0.352 e. The van der Waals surface area contributed by atoms with Crippen LogP contribution in [-0.2, 0) is 6.42 Å². The summed E-state index contributed by atoms with van der Waals surface area (Å²) < 4.78 is 0.728. The van der Waals surface area contributed by atoms with Crippen LogP contribution in [-0.4, -0.2) is 12.5 Å². The highest BCUT2D eigenvalue weighted by Gasteiger charge is 2.07. The Kier molecular flexibility index (Phi) is 5.21. The van der Waals surface area contributed by atoms with E-state index in [1.165, 1.54) is 11.1 Å². The van der Waals surface area contributed by atoms with Crippen LogP contribution in [0, 0.1) is 6.92 Å². The average molecular weight is 353 g/mol. The van der Waals surface area contributed by atoms with E-state index in [-0.39, 0.29) is 5.91 Å². The fourth-order valence-corrected chi connectivity index (χ4v) is 2.44. The van der Waals surface area contributed by atoms with Crippen molar-refractivity contribution >= 4 is 33.4 Å². The monoisotopic (exact) mass is 351 g/mol. The van der Waals surface area contributed by atoms with Gasteiger partial charge >= 0.3 is 0 Å². The number of nitrogens with one attached hydrogen (secondary N) is 1. The van der Waals surface area contributed by atoms with Crippen LogP contribution >= 0.6 is 27.5 Å². The van der Waals surface area contributed by atoms with Gasteiger partial charge in [0.15, 0.2) is 0 Å². The molecule has 0 radical (unpaired) electrons. The molecular formula is C16H15BrClNO. The van der Waals surface area contributed by atoms with Crippen molar-refractivity contribution < 1.29 is 4.79 Å². The molecular weight excluding hydrogens is 338 g/mol. The number of carbonyl (C=O) groups excluding carboxylic acids is 1. The molecule has 0 spiro atoms. The van der Waals surface area contributed by atoms with Crippen molar-refractivity contribution in [2.24, 2.45) is 0 Å². The second kappa shape index (κ2) is 6.91. The molecule has 0 atom stereocenters. The molecule has 0 saturated carbocycles. The van der Waals surface area contributed by atoms with Crippen molar-refractivity contribution in [1.82, 2.24) is 5.32 Å². The van der Waals surface area contributed by atoms with Gasteiger partial charge in [0, 0.05) is 16.6 Å². The van der Waals surface area contributed by atoms with E-state index in [0.29, 0.717) is 17.1 Å². The van der Waals surface area contributed by atoms with Crippen molar-refractivity contribution in [2.45, 2.75) is 13.3 Å². The minimum atomic E-state index is -0.0871. The summed E-state index contributed by atoms with van der Waals surface area (Å²) in [7, 11) is 0. The summed E-state index contributed by atoms with van der Waals surface area (Å²) in [5.74, 6) is -0.0871. The summed E-state index contributed by atoms with van der Waals surface area (Å²) in [6.45, 7) is 2.69. The van der Waals surface area contributed by atoms with Gasteiger partial charge in [-0.2, -0.15) is 0 Å². The Morgan fingerprint density at radius 3 is 2.70 bits per heavy atom. The van der Waals surface area contributed by atoms with Crippen LogP contribution in [0.15, 0.2) is 46.9 Å². The highest BCUT2D eigenvalue weighted by molar-refractivity contribution is 9.10. The van der Waals surface area contributed by atoms with Crippen LogP contribution < -0.4 is 5.32 Å².